The summed E-state index contributed by atoms with van der Waals surface area (Å²) >= 11 is 6.00. The van der Waals surface area contributed by atoms with Gasteiger partial charge in [0.1, 0.15) is 5.70 Å². The summed E-state index contributed by atoms with van der Waals surface area (Å²) < 4.78 is 10.7. The lowest BCUT2D eigenvalue weighted by Gasteiger charge is -2.15. The Morgan fingerprint density at radius 2 is 1.76 bits per heavy atom. The van der Waals surface area contributed by atoms with E-state index in [-0.39, 0.29) is 24.3 Å². The van der Waals surface area contributed by atoms with Crippen molar-refractivity contribution < 1.29 is 19.1 Å². The highest BCUT2D eigenvalue weighted by atomic mass is 35.5. The Morgan fingerprint density at radius 1 is 1.00 bits per heavy atom. The Morgan fingerprint density at radius 3 is 2.52 bits per heavy atom. The molecule has 0 bridgehead atoms. The predicted molar refractivity (Wildman–Crippen MR) is 111 cm³/mol. The largest absolute Gasteiger partial charge is 0.454 e. The lowest BCUT2D eigenvalue weighted by Crippen LogP contribution is -2.33. The van der Waals surface area contributed by atoms with Crippen molar-refractivity contribution in [3.05, 3.63) is 58.7 Å². The second-order valence-corrected chi connectivity index (χ2v) is 7.36. The van der Waals surface area contributed by atoms with Gasteiger partial charge in [-0.25, -0.2) is 0 Å². The van der Waals surface area contributed by atoms with Crippen LogP contribution < -0.4 is 14.8 Å². The molecule has 2 aliphatic rings. The smallest absolute Gasteiger partial charge is 0.278 e. The highest BCUT2D eigenvalue weighted by Gasteiger charge is 2.38. The van der Waals surface area contributed by atoms with Gasteiger partial charge in [-0.3, -0.25) is 14.5 Å². The molecule has 2 aliphatic heterocycles. The van der Waals surface area contributed by atoms with Gasteiger partial charge < -0.3 is 14.8 Å². The minimum absolute atomic E-state index is 0.167. The molecule has 2 heterocycles. The molecule has 0 aliphatic carbocycles. The molecule has 0 fully saturated rings. The van der Waals surface area contributed by atoms with Gasteiger partial charge in [0.2, 0.25) is 6.79 Å². The van der Waals surface area contributed by atoms with Gasteiger partial charge in [0.25, 0.3) is 11.8 Å². The first-order chi connectivity index (χ1) is 14.1. The SMILES string of the molecule is CCCCCN1C(=O)C(Nc2ccc3c(c2)OCO3)=C(c2ccc(Cl)cc2)C1=O. The average Bonchev–Trinajstić information content (AvgIpc) is 3.27. The number of nitrogens with zero attached hydrogens (tertiary/aromatic N) is 1. The molecular weight excluding hydrogens is 392 g/mol. The average molecular weight is 413 g/mol. The number of ether oxygens (including phenoxy) is 2. The van der Waals surface area contributed by atoms with E-state index < -0.39 is 0 Å². The van der Waals surface area contributed by atoms with Crippen molar-refractivity contribution in [3.8, 4) is 11.5 Å². The number of hydrogen-bond acceptors (Lipinski definition) is 5. The van der Waals surface area contributed by atoms with Crippen LogP contribution in [-0.2, 0) is 9.59 Å². The van der Waals surface area contributed by atoms with Crippen LogP contribution in [0.25, 0.3) is 5.57 Å². The van der Waals surface area contributed by atoms with Crippen LogP contribution in [0.2, 0.25) is 5.02 Å². The predicted octanol–water partition coefficient (Wildman–Crippen LogP) is 4.45. The van der Waals surface area contributed by atoms with Gasteiger partial charge in [0.15, 0.2) is 11.5 Å². The van der Waals surface area contributed by atoms with Crippen LogP contribution in [0.15, 0.2) is 48.2 Å². The van der Waals surface area contributed by atoms with E-state index in [1.165, 1.54) is 4.90 Å². The monoisotopic (exact) mass is 412 g/mol. The number of rotatable bonds is 7. The Hall–Kier alpha value is -2.99. The van der Waals surface area contributed by atoms with E-state index in [0.29, 0.717) is 39.9 Å². The van der Waals surface area contributed by atoms with Crippen LogP contribution in [0.1, 0.15) is 31.7 Å². The maximum Gasteiger partial charge on any atom is 0.278 e. The Balaban J connectivity index is 1.69. The van der Waals surface area contributed by atoms with Crippen molar-refractivity contribution in [1.29, 1.82) is 0 Å². The number of amides is 2. The Kier molecular flexibility index (Phi) is 5.45. The van der Waals surface area contributed by atoms with Gasteiger partial charge in [0.05, 0.1) is 5.57 Å². The van der Waals surface area contributed by atoms with Crippen molar-refractivity contribution in [2.24, 2.45) is 0 Å². The summed E-state index contributed by atoms with van der Waals surface area (Å²) in [7, 11) is 0. The van der Waals surface area contributed by atoms with Gasteiger partial charge in [-0.05, 0) is 36.2 Å². The molecule has 4 rings (SSSR count). The molecule has 0 saturated heterocycles. The summed E-state index contributed by atoms with van der Waals surface area (Å²) in [6, 6.07) is 12.2. The fraction of sp³-hybridized carbons (Fsp3) is 0.273. The van der Waals surface area contributed by atoms with Crippen molar-refractivity contribution >= 4 is 34.7 Å². The van der Waals surface area contributed by atoms with Crippen LogP contribution in [0.3, 0.4) is 0 Å². The molecule has 0 radical (unpaired) electrons. The number of hydrogen-bond donors (Lipinski definition) is 1. The van der Waals surface area contributed by atoms with E-state index in [9.17, 15) is 9.59 Å². The summed E-state index contributed by atoms with van der Waals surface area (Å²) in [6.45, 7) is 2.65. The summed E-state index contributed by atoms with van der Waals surface area (Å²) in [5.74, 6) is 0.628. The summed E-state index contributed by atoms with van der Waals surface area (Å²) in [5.41, 5.74) is 1.90. The number of fused-ring (bicyclic) bond motifs is 1. The van der Waals surface area contributed by atoms with Crippen molar-refractivity contribution in [1.82, 2.24) is 4.90 Å². The molecule has 0 unspecified atom stereocenters. The highest BCUT2D eigenvalue weighted by Crippen LogP contribution is 2.36. The number of anilines is 1. The maximum absolute atomic E-state index is 13.1. The fourth-order valence-electron chi connectivity index (χ4n) is 3.42. The molecule has 29 heavy (non-hydrogen) atoms. The van der Waals surface area contributed by atoms with Gasteiger partial charge in [0, 0.05) is 23.3 Å². The number of carbonyl (C=O) groups excluding carboxylic acids is 2. The molecule has 0 atom stereocenters. The highest BCUT2D eigenvalue weighted by molar-refractivity contribution is 6.36. The minimum atomic E-state index is -0.325. The maximum atomic E-state index is 13.1. The molecule has 0 saturated carbocycles. The molecular formula is C22H21ClN2O4. The first-order valence-electron chi connectivity index (χ1n) is 9.61. The molecule has 2 amide bonds. The summed E-state index contributed by atoms with van der Waals surface area (Å²) in [6.07, 6.45) is 2.74. The van der Waals surface area contributed by atoms with Gasteiger partial charge in [-0.2, -0.15) is 0 Å². The molecule has 2 aromatic rings. The number of carbonyl (C=O) groups is 2. The molecule has 6 nitrogen and oxygen atoms in total. The van der Waals surface area contributed by atoms with Gasteiger partial charge >= 0.3 is 0 Å². The zero-order chi connectivity index (χ0) is 20.4. The standard InChI is InChI=1S/C22H21ClN2O4/c1-2-3-4-11-25-21(26)19(14-5-7-15(23)8-6-14)20(22(25)27)24-16-9-10-17-18(12-16)29-13-28-17/h5-10,12,24H,2-4,11,13H2,1H3. The Bertz CT molecular complexity index is 985. The molecule has 150 valence electrons. The third-order valence-electron chi connectivity index (χ3n) is 4.93. The van der Waals surface area contributed by atoms with E-state index >= 15 is 0 Å². The topological polar surface area (TPSA) is 67.9 Å². The third kappa shape index (κ3) is 3.80. The third-order valence-corrected chi connectivity index (χ3v) is 5.18. The molecule has 0 aromatic heterocycles. The van der Waals surface area contributed by atoms with Gasteiger partial charge in [-0.1, -0.05) is 43.5 Å². The summed E-state index contributed by atoms with van der Waals surface area (Å²) in [4.78, 5) is 27.5. The van der Waals surface area contributed by atoms with Crippen LogP contribution >= 0.6 is 11.6 Å². The van der Waals surface area contributed by atoms with Crippen LogP contribution in [0.4, 0.5) is 5.69 Å². The van der Waals surface area contributed by atoms with E-state index in [4.69, 9.17) is 21.1 Å². The van der Waals surface area contributed by atoms with Gasteiger partial charge in [-0.15, -0.1) is 0 Å². The lowest BCUT2D eigenvalue weighted by atomic mass is 10.0. The quantitative estimate of drug-likeness (QED) is 0.537. The van der Waals surface area contributed by atoms with E-state index in [0.717, 1.165) is 19.3 Å². The van der Waals surface area contributed by atoms with Crippen molar-refractivity contribution in [2.75, 3.05) is 18.7 Å². The zero-order valence-corrected chi connectivity index (χ0v) is 16.8. The number of unbranched alkanes of at least 4 members (excludes halogenated alkanes) is 2. The first kappa shape index (κ1) is 19.3. The van der Waals surface area contributed by atoms with Crippen LogP contribution in [0.5, 0.6) is 11.5 Å². The second kappa shape index (κ2) is 8.17. The Labute approximate surface area is 174 Å². The van der Waals surface area contributed by atoms with E-state index in [1.807, 2.05) is 0 Å². The fourth-order valence-corrected chi connectivity index (χ4v) is 3.54. The van der Waals surface area contributed by atoms with Crippen LogP contribution in [0, 0.1) is 0 Å². The number of benzene rings is 2. The molecule has 0 spiro atoms. The molecule has 7 heteroatoms. The number of imide groups is 1. The lowest BCUT2D eigenvalue weighted by molar-refractivity contribution is -0.136. The van der Waals surface area contributed by atoms with Crippen molar-refractivity contribution in [3.63, 3.8) is 0 Å². The van der Waals surface area contributed by atoms with E-state index in [2.05, 4.69) is 12.2 Å². The number of halogens is 1. The normalized spacial score (nSPS) is 15.4. The first-order valence-corrected chi connectivity index (χ1v) is 9.99. The zero-order valence-electron chi connectivity index (χ0n) is 16.0. The second-order valence-electron chi connectivity index (χ2n) is 6.92. The van der Waals surface area contributed by atoms with Crippen LogP contribution in [-0.4, -0.2) is 30.1 Å². The molecule has 2 aromatic carbocycles. The minimum Gasteiger partial charge on any atom is -0.454 e. The molecule has 1 N–H and O–H groups in total. The number of nitrogens with one attached hydrogen (secondary N) is 1. The van der Waals surface area contributed by atoms with E-state index in [1.54, 1.807) is 42.5 Å². The van der Waals surface area contributed by atoms with Crippen molar-refractivity contribution in [2.45, 2.75) is 26.2 Å². The summed E-state index contributed by atoms with van der Waals surface area (Å²) in [5, 5.41) is 3.70.